The van der Waals surface area contributed by atoms with E-state index in [2.05, 4.69) is 24.5 Å². The van der Waals surface area contributed by atoms with E-state index in [4.69, 9.17) is 4.74 Å². The molecule has 0 saturated heterocycles. The molecule has 2 N–H and O–H groups in total. The largest absolute Gasteiger partial charge is 0.493 e. The lowest BCUT2D eigenvalue weighted by atomic mass is 9.95. The van der Waals surface area contributed by atoms with Crippen LogP contribution in [0.3, 0.4) is 0 Å². The normalized spacial score (nSPS) is 11.2. The van der Waals surface area contributed by atoms with Crippen LogP contribution in [0.2, 0.25) is 0 Å². The van der Waals surface area contributed by atoms with E-state index in [9.17, 15) is 9.59 Å². The smallest absolute Gasteiger partial charge is 0.255 e. The Morgan fingerprint density at radius 3 is 2.22 bits per heavy atom. The maximum Gasteiger partial charge on any atom is 0.255 e. The van der Waals surface area contributed by atoms with E-state index in [1.807, 2.05) is 26.8 Å². The number of carbonyl (C=O) groups is 2. The van der Waals surface area contributed by atoms with Crippen molar-refractivity contribution in [2.45, 2.75) is 34.6 Å². The minimum Gasteiger partial charge on any atom is -0.493 e. The SMILES string of the molecule is CC(C)COc1cccc(C(=O)Nc2cccc(NC(=O)C(C)(C)C)c2)c1. The zero-order chi connectivity index (χ0) is 20.0. The second-order valence-electron chi connectivity index (χ2n) is 7.97. The Kier molecular flexibility index (Phi) is 6.61. The van der Waals surface area contributed by atoms with Crippen LogP contribution in [0.25, 0.3) is 0 Å². The molecular weight excluding hydrogens is 340 g/mol. The van der Waals surface area contributed by atoms with Crippen LogP contribution in [-0.2, 0) is 4.79 Å². The van der Waals surface area contributed by atoms with Crippen molar-refractivity contribution in [2.24, 2.45) is 11.3 Å². The minimum atomic E-state index is -0.490. The van der Waals surface area contributed by atoms with Crippen molar-refractivity contribution in [1.82, 2.24) is 0 Å². The number of benzene rings is 2. The zero-order valence-electron chi connectivity index (χ0n) is 16.6. The van der Waals surface area contributed by atoms with Gasteiger partial charge in [0, 0.05) is 22.4 Å². The van der Waals surface area contributed by atoms with Crippen LogP contribution in [0.1, 0.15) is 45.0 Å². The molecule has 2 aromatic rings. The minimum absolute atomic E-state index is 0.0824. The molecule has 0 heterocycles. The Balaban J connectivity index is 2.06. The second kappa shape index (κ2) is 8.71. The average Bonchev–Trinajstić information content (AvgIpc) is 2.59. The van der Waals surface area contributed by atoms with Gasteiger partial charge in [-0.25, -0.2) is 0 Å². The number of hydrogen-bond acceptors (Lipinski definition) is 3. The molecule has 144 valence electrons. The summed E-state index contributed by atoms with van der Waals surface area (Å²) in [5.41, 5.74) is 1.28. The fourth-order valence-corrected chi connectivity index (χ4v) is 2.19. The summed E-state index contributed by atoms with van der Waals surface area (Å²) in [6, 6.07) is 14.2. The van der Waals surface area contributed by atoms with Gasteiger partial charge in [-0.15, -0.1) is 0 Å². The van der Waals surface area contributed by atoms with Crippen molar-refractivity contribution in [3.05, 3.63) is 54.1 Å². The van der Waals surface area contributed by atoms with Crippen molar-refractivity contribution < 1.29 is 14.3 Å². The van der Waals surface area contributed by atoms with Gasteiger partial charge in [0.1, 0.15) is 5.75 Å². The van der Waals surface area contributed by atoms with Gasteiger partial charge in [-0.05, 0) is 42.3 Å². The quantitative estimate of drug-likeness (QED) is 0.757. The first kappa shape index (κ1) is 20.5. The highest BCUT2D eigenvalue weighted by Gasteiger charge is 2.21. The van der Waals surface area contributed by atoms with Gasteiger partial charge in [0.25, 0.3) is 5.91 Å². The van der Waals surface area contributed by atoms with Crippen LogP contribution in [0.5, 0.6) is 5.75 Å². The molecule has 0 aliphatic rings. The second-order valence-corrected chi connectivity index (χ2v) is 7.97. The third kappa shape index (κ3) is 6.44. The summed E-state index contributed by atoms with van der Waals surface area (Å²) in [5, 5.41) is 5.72. The Morgan fingerprint density at radius 2 is 1.59 bits per heavy atom. The number of anilines is 2. The van der Waals surface area contributed by atoms with E-state index in [1.54, 1.807) is 42.5 Å². The van der Waals surface area contributed by atoms with Gasteiger partial charge in [-0.2, -0.15) is 0 Å². The summed E-state index contributed by atoms with van der Waals surface area (Å²) in [6.07, 6.45) is 0. The van der Waals surface area contributed by atoms with Crippen molar-refractivity contribution in [3.63, 3.8) is 0 Å². The first-order valence-corrected chi connectivity index (χ1v) is 9.11. The summed E-state index contributed by atoms with van der Waals surface area (Å²) in [5.74, 6) is 0.765. The first-order chi connectivity index (χ1) is 12.6. The summed E-state index contributed by atoms with van der Waals surface area (Å²) >= 11 is 0. The lowest BCUT2D eigenvalue weighted by Crippen LogP contribution is -2.27. The lowest BCUT2D eigenvalue weighted by Gasteiger charge is -2.18. The van der Waals surface area contributed by atoms with Crippen molar-refractivity contribution in [1.29, 1.82) is 0 Å². The Bertz CT molecular complexity index is 807. The first-order valence-electron chi connectivity index (χ1n) is 9.11. The Morgan fingerprint density at radius 1 is 0.963 bits per heavy atom. The topological polar surface area (TPSA) is 67.4 Å². The van der Waals surface area contributed by atoms with E-state index in [0.717, 1.165) is 0 Å². The molecule has 0 aliphatic carbocycles. The van der Waals surface area contributed by atoms with Gasteiger partial charge in [-0.1, -0.05) is 46.8 Å². The summed E-state index contributed by atoms with van der Waals surface area (Å²) in [4.78, 5) is 24.7. The van der Waals surface area contributed by atoms with Gasteiger partial charge >= 0.3 is 0 Å². The highest BCUT2D eigenvalue weighted by molar-refractivity contribution is 6.05. The molecule has 0 bridgehead atoms. The number of rotatable bonds is 6. The van der Waals surface area contributed by atoms with E-state index in [0.29, 0.717) is 35.2 Å². The molecule has 2 amide bonds. The van der Waals surface area contributed by atoms with Gasteiger partial charge < -0.3 is 15.4 Å². The van der Waals surface area contributed by atoms with Crippen LogP contribution in [0, 0.1) is 11.3 Å². The standard InChI is InChI=1S/C22H28N2O3/c1-15(2)14-27-19-11-6-8-16(12-19)20(25)23-17-9-7-10-18(13-17)24-21(26)22(3,4)5/h6-13,15H,14H2,1-5H3,(H,23,25)(H,24,26). The fourth-order valence-electron chi connectivity index (χ4n) is 2.19. The van der Waals surface area contributed by atoms with Crippen molar-refractivity contribution in [3.8, 4) is 5.75 Å². The molecular formula is C22H28N2O3. The van der Waals surface area contributed by atoms with Gasteiger partial charge in [0.05, 0.1) is 6.61 Å². The molecule has 0 fully saturated rings. The molecule has 0 atom stereocenters. The van der Waals surface area contributed by atoms with E-state index >= 15 is 0 Å². The predicted octanol–water partition coefficient (Wildman–Crippen LogP) is 4.96. The van der Waals surface area contributed by atoms with Gasteiger partial charge in [-0.3, -0.25) is 9.59 Å². The molecule has 27 heavy (non-hydrogen) atoms. The highest BCUT2D eigenvalue weighted by atomic mass is 16.5. The monoisotopic (exact) mass is 368 g/mol. The summed E-state index contributed by atoms with van der Waals surface area (Å²) in [7, 11) is 0. The lowest BCUT2D eigenvalue weighted by molar-refractivity contribution is -0.123. The molecule has 0 radical (unpaired) electrons. The number of ether oxygens (including phenoxy) is 1. The number of hydrogen-bond donors (Lipinski definition) is 2. The molecule has 0 unspecified atom stereocenters. The number of carbonyl (C=O) groups excluding carboxylic acids is 2. The van der Waals surface area contributed by atoms with Crippen LogP contribution in [-0.4, -0.2) is 18.4 Å². The maximum atomic E-state index is 12.5. The van der Waals surface area contributed by atoms with E-state index in [1.165, 1.54) is 0 Å². The highest BCUT2D eigenvalue weighted by Crippen LogP contribution is 2.21. The predicted molar refractivity (Wildman–Crippen MR) is 109 cm³/mol. The summed E-state index contributed by atoms with van der Waals surface area (Å²) < 4.78 is 5.68. The van der Waals surface area contributed by atoms with Crippen LogP contribution in [0.15, 0.2) is 48.5 Å². The van der Waals surface area contributed by atoms with Gasteiger partial charge in [0.2, 0.25) is 5.91 Å². The molecule has 2 rings (SSSR count). The number of nitrogens with one attached hydrogen (secondary N) is 2. The van der Waals surface area contributed by atoms with Crippen LogP contribution >= 0.6 is 0 Å². The summed E-state index contributed by atoms with van der Waals surface area (Å²) in [6.45, 7) is 10.3. The van der Waals surface area contributed by atoms with Crippen LogP contribution in [0.4, 0.5) is 11.4 Å². The van der Waals surface area contributed by atoms with E-state index in [-0.39, 0.29) is 11.8 Å². The molecule has 2 aromatic carbocycles. The van der Waals surface area contributed by atoms with E-state index < -0.39 is 5.41 Å². The molecule has 5 heteroatoms. The Labute approximate surface area is 161 Å². The maximum absolute atomic E-state index is 12.5. The molecule has 0 saturated carbocycles. The third-order valence-corrected chi connectivity index (χ3v) is 3.74. The third-order valence-electron chi connectivity index (χ3n) is 3.74. The molecule has 0 aromatic heterocycles. The van der Waals surface area contributed by atoms with Crippen LogP contribution < -0.4 is 15.4 Å². The zero-order valence-corrected chi connectivity index (χ0v) is 16.6. The van der Waals surface area contributed by atoms with Crippen molar-refractivity contribution >= 4 is 23.2 Å². The average molecular weight is 368 g/mol. The Hall–Kier alpha value is -2.82. The van der Waals surface area contributed by atoms with Gasteiger partial charge in [0.15, 0.2) is 0 Å². The number of amides is 2. The molecule has 0 aliphatic heterocycles. The fraction of sp³-hybridized carbons (Fsp3) is 0.364. The molecule has 5 nitrogen and oxygen atoms in total. The molecule has 0 spiro atoms. The van der Waals surface area contributed by atoms with Crippen molar-refractivity contribution in [2.75, 3.05) is 17.2 Å².